The van der Waals surface area contributed by atoms with Crippen molar-refractivity contribution >= 4 is 34.2 Å². The van der Waals surface area contributed by atoms with Crippen LogP contribution in [-0.4, -0.2) is 25.7 Å². The fourth-order valence-electron chi connectivity index (χ4n) is 0.565. The Morgan fingerprint density at radius 1 is 1.00 bits per heavy atom. The highest BCUT2D eigenvalue weighted by molar-refractivity contribution is 8.08. The maximum Gasteiger partial charge on any atom is 0.488 e. The van der Waals surface area contributed by atoms with Crippen LogP contribution in [0.3, 0.4) is 0 Å². The summed E-state index contributed by atoms with van der Waals surface area (Å²) in [5, 5.41) is 0. The normalized spacial score (nSPS) is 20.4. The van der Waals surface area contributed by atoms with E-state index >= 15 is 0 Å². The van der Waals surface area contributed by atoms with E-state index in [0.29, 0.717) is 0 Å². The summed E-state index contributed by atoms with van der Waals surface area (Å²) in [5.41, 5.74) is 0. The topological polar surface area (TPSA) is 143 Å². The molecule has 9 nitrogen and oxygen atoms in total. The first-order valence-corrected chi connectivity index (χ1v) is 9.27. The van der Waals surface area contributed by atoms with Crippen molar-refractivity contribution in [3.8, 4) is 0 Å². The molecule has 0 aliphatic carbocycles. The van der Waals surface area contributed by atoms with E-state index in [4.69, 9.17) is 19.6 Å². The Labute approximate surface area is 96.5 Å². The maximum atomic E-state index is 11.0. The molecule has 0 aromatic rings. The Bertz CT molecular complexity index is 372. The second kappa shape index (κ2) is 5.65. The van der Waals surface area contributed by atoms with Gasteiger partial charge in [0, 0.05) is 0 Å². The highest BCUT2D eigenvalue weighted by Gasteiger charge is 2.39. The first-order chi connectivity index (χ1) is 6.83. The average molecular weight is 316 g/mol. The van der Waals surface area contributed by atoms with Crippen LogP contribution >= 0.6 is 22.4 Å². The van der Waals surface area contributed by atoms with Crippen LogP contribution in [0, 0.1) is 0 Å². The number of hydrogen-bond acceptors (Lipinski definition) is 6. The van der Waals surface area contributed by atoms with Gasteiger partial charge in [-0.15, -0.1) is 0 Å². The third kappa shape index (κ3) is 8.92. The van der Waals surface area contributed by atoms with Crippen LogP contribution in [0.5, 0.6) is 0 Å². The molecule has 0 aromatic carbocycles. The molecule has 13 heteroatoms. The third-order valence-electron chi connectivity index (χ3n) is 0.760. The molecule has 4 N–H and O–H groups in total. The Morgan fingerprint density at radius 2 is 1.44 bits per heavy atom. The zero-order valence-corrected chi connectivity index (χ0v) is 11.7. The molecule has 0 heterocycles. The highest BCUT2D eigenvalue weighted by atomic mass is 32.5. The summed E-state index contributed by atoms with van der Waals surface area (Å²) >= 11 is 3.89. The molecule has 0 rings (SSSR count). The lowest BCUT2D eigenvalue weighted by Crippen LogP contribution is -2.02. The molecule has 16 heavy (non-hydrogen) atoms. The van der Waals surface area contributed by atoms with Gasteiger partial charge in [0.1, 0.15) is 0 Å². The van der Waals surface area contributed by atoms with E-state index in [2.05, 4.69) is 25.0 Å². The molecule has 0 saturated carbocycles. The largest absolute Gasteiger partial charge is 0.488 e. The first kappa shape index (κ1) is 16.8. The van der Waals surface area contributed by atoms with E-state index in [1.165, 1.54) is 13.8 Å². The molecule has 0 aromatic heterocycles. The van der Waals surface area contributed by atoms with Gasteiger partial charge < -0.3 is 19.6 Å². The van der Waals surface area contributed by atoms with Gasteiger partial charge in [-0.05, 0) is 25.7 Å². The summed E-state index contributed by atoms with van der Waals surface area (Å²) in [7, 11) is -10.0. The van der Waals surface area contributed by atoms with Crippen molar-refractivity contribution in [2.24, 2.45) is 0 Å². The Balaban J connectivity index is 4.65. The molecular formula is C3H11O9P3S. The fraction of sp³-hybridized carbons (Fsp3) is 1.00. The van der Waals surface area contributed by atoms with Crippen molar-refractivity contribution in [1.82, 2.24) is 0 Å². The van der Waals surface area contributed by atoms with Gasteiger partial charge in [0.2, 0.25) is 0 Å². The Hall–Kier alpha value is 0.830. The second-order valence-corrected chi connectivity index (χ2v) is 8.54. The molecule has 98 valence electrons. The van der Waals surface area contributed by atoms with Crippen molar-refractivity contribution in [2.45, 2.75) is 20.0 Å². The molecule has 0 saturated heterocycles. The minimum atomic E-state index is -5.18. The average Bonchev–Trinajstić information content (AvgIpc) is 1.69. The highest BCUT2D eigenvalue weighted by Crippen LogP contribution is 2.66. The number of phosphoric acid groups is 2. The lowest BCUT2D eigenvalue weighted by molar-refractivity contribution is 0.147. The molecule has 0 amide bonds. The van der Waals surface area contributed by atoms with Gasteiger partial charge in [-0.1, -0.05) is 0 Å². The quantitative estimate of drug-likeness (QED) is 0.521. The van der Waals surface area contributed by atoms with Gasteiger partial charge in [-0.2, -0.15) is 4.31 Å². The van der Waals surface area contributed by atoms with Crippen molar-refractivity contribution in [1.29, 1.82) is 0 Å². The molecule has 0 radical (unpaired) electrons. The molecule has 2 unspecified atom stereocenters. The second-order valence-electron chi connectivity index (χ2n) is 2.75. The molecule has 0 spiro atoms. The molecule has 0 fully saturated rings. The predicted octanol–water partition coefficient (Wildman–Crippen LogP) is 0.854. The summed E-state index contributed by atoms with van der Waals surface area (Å²) < 4.78 is 33.7. The van der Waals surface area contributed by atoms with E-state index in [1.54, 1.807) is 0 Å². The smallest absolute Gasteiger partial charge is 0.324 e. The molecule has 0 aliphatic heterocycles. The predicted molar refractivity (Wildman–Crippen MR) is 56.8 cm³/mol. The Morgan fingerprint density at radius 3 is 1.75 bits per heavy atom. The fourth-order valence-corrected chi connectivity index (χ4v) is 4.52. The summed E-state index contributed by atoms with van der Waals surface area (Å²) in [5.74, 6) is 0. The van der Waals surface area contributed by atoms with Gasteiger partial charge in [0.25, 0.3) is 0 Å². The zero-order valence-electron chi connectivity index (χ0n) is 8.16. The summed E-state index contributed by atoms with van der Waals surface area (Å²) in [6.45, 7) is -1.75. The van der Waals surface area contributed by atoms with Crippen molar-refractivity contribution < 1.29 is 41.8 Å². The summed E-state index contributed by atoms with van der Waals surface area (Å²) in [6, 6.07) is 0. The molecule has 2 atom stereocenters. The first-order valence-electron chi connectivity index (χ1n) is 3.65. The van der Waals surface area contributed by atoms with Crippen LogP contribution in [0.1, 0.15) is 13.8 Å². The molecular weight excluding hydrogens is 305 g/mol. The van der Waals surface area contributed by atoms with Crippen LogP contribution in [0.15, 0.2) is 0 Å². The van der Waals surface area contributed by atoms with Gasteiger partial charge >= 0.3 is 22.4 Å². The van der Waals surface area contributed by atoms with E-state index in [0.717, 1.165) is 0 Å². The number of hydrogen-bond donors (Lipinski definition) is 4. The van der Waals surface area contributed by atoms with Gasteiger partial charge in [-0.25, -0.2) is 13.4 Å². The minimum absolute atomic E-state index is 0.762. The Kier molecular flexibility index (Phi) is 5.94. The zero-order chi connectivity index (χ0) is 13.2. The van der Waals surface area contributed by atoms with Crippen LogP contribution in [0.2, 0.25) is 0 Å². The van der Waals surface area contributed by atoms with Gasteiger partial charge in [-0.3, -0.25) is 4.52 Å². The number of rotatable bonds is 6. The van der Waals surface area contributed by atoms with E-state index in [1.807, 2.05) is 0 Å². The van der Waals surface area contributed by atoms with Crippen LogP contribution < -0.4 is 0 Å². The molecule has 0 aliphatic rings. The third-order valence-corrected chi connectivity index (χ3v) is 5.38. The van der Waals surface area contributed by atoms with E-state index in [-0.39, 0.29) is 0 Å². The lowest BCUT2D eigenvalue weighted by Gasteiger charge is -2.18. The minimum Gasteiger partial charge on any atom is -0.324 e. The van der Waals surface area contributed by atoms with Crippen molar-refractivity contribution in [3.63, 3.8) is 0 Å². The maximum absolute atomic E-state index is 11.0. The lowest BCUT2D eigenvalue weighted by atomic mass is 10.5. The SMILES string of the molecule is CC(C)OP(=O)(O)OP(=O)(O)OP(O)(O)=S. The van der Waals surface area contributed by atoms with E-state index < -0.39 is 28.5 Å². The van der Waals surface area contributed by atoms with Crippen molar-refractivity contribution in [3.05, 3.63) is 0 Å². The van der Waals surface area contributed by atoms with Crippen LogP contribution in [-0.2, 0) is 34.1 Å². The van der Waals surface area contributed by atoms with E-state index in [9.17, 15) is 9.13 Å². The summed E-state index contributed by atoms with van der Waals surface area (Å²) in [4.78, 5) is 34.9. The van der Waals surface area contributed by atoms with Gasteiger partial charge in [0.05, 0.1) is 6.10 Å². The summed E-state index contributed by atoms with van der Waals surface area (Å²) in [6.07, 6.45) is -0.762. The monoisotopic (exact) mass is 316 g/mol. The standard InChI is InChI=1S/C3H11O9P3S/c1-3(2)10-13(4,5)11-14(6,7)12-15(8,9)16/h3H,1-2H3,(H,4,5)(H,6,7)(H2,8,9,16). The van der Waals surface area contributed by atoms with Crippen LogP contribution in [0.25, 0.3) is 0 Å². The molecule has 0 bridgehead atoms. The van der Waals surface area contributed by atoms with Crippen molar-refractivity contribution in [2.75, 3.05) is 0 Å². The van der Waals surface area contributed by atoms with Gasteiger partial charge in [0.15, 0.2) is 0 Å². The van der Waals surface area contributed by atoms with Crippen LogP contribution in [0.4, 0.5) is 0 Å². The number of phosphoric ester groups is 1.